The van der Waals surface area contributed by atoms with Gasteiger partial charge >= 0.3 is 6.18 Å². The number of rotatable bonds is 5. The number of nitrogens with one attached hydrogen (secondary N) is 1. The maximum atomic E-state index is 13.1. The largest absolute Gasteiger partial charge is 0.438 e. The van der Waals surface area contributed by atoms with Crippen LogP contribution in [0.3, 0.4) is 0 Å². The van der Waals surface area contributed by atoms with Crippen molar-refractivity contribution in [3.63, 3.8) is 0 Å². The quantitative estimate of drug-likeness (QED) is 0.323. The number of ketones is 1. The van der Waals surface area contributed by atoms with Gasteiger partial charge < -0.3 is 9.72 Å². The first-order valence-electron chi connectivity index (χ1n) is 10.1. The third kappa shape index (κ3) is 4.23. The molecular formula is C25H15F3N4O2. The minimum atomic E-state index is -4.57. The lowest BCUT2D eigenvalue weighted by Crippen LogP contribution is -2.07. The molecule has 0 spiro atoms. The molecule has 0 aliphatic heterocycles. The number of alkyl halides is 3. The van der Waals surface area contributed by atoms with Gasteiger partial charge in [-0.15, -0.1) is 0 Å². The molecule has 5 aromatic rings. The van der Waals surface area contributed by atoms with Crippen LogP contribution in [0.25, 0.3) is 22.2 Å². The van der Waals surface area contributed by atoms with Gasteiger partial charge in [0, 0.05) is 23.5 Å². The van der Waals surface area contributed by atoms with E-state index in [9.17, 15) is 18.0 Å². The fourth-order valence-electron chi connectivity index (χ4n) is 3.43. The second kappa shape index (κ2) is 8.43. The lowest BCUT2D eigenvalue weighted by molar-refractivity contribution is -0.141. The number of halogens is 3. The highest BCUT2D eigenvalue weighted by atomic mass is 19.4. The summed E-state index contributed by atoms with van der Waals surface area (Å²) in [5.41, 5.74) is 1.49. The molecule has 3 heterocycles. The van der Waals surface area contributed by atoms with Crippen molar-refractivity contribution in [1.29, 1.82) is 0 Å². The molecular weight excluding hydrogens is 445 g/mol. The van der Waals surface area contributed by atoms with Crippen molar-refractivity contribution in [2.24, 2.45) is 0 Å². The second-order valence-electron chi connectivity index (χ2n) is 7.34. The van der Waals surface area contributed by atoms with Crippen LogP contribution < -0.4 is 4.74 Å². The summed E-state index contributed by atoms with van der Waals surface area (Å²) in [7, 11) is 0. The number of ether oxygens (including phenoxy) is 1. The molecule has 0 fully saturated rings. The maximum absolute atomic E-state index is 13.1. The van der Waals surface area contributed by atoms with E-state index in [1.54, 1.807) is 36.4 Å². The van der Waals surface area contributed by atoms with E-state index < -0.39 is 11.9 Å². The zero-order valence-corrected chi connectivity index (χ0v) is 17.4. The van der Waals surface area contributed by atoms with E-state index in [-0.39, 0.29) is 23.1 Å². The van der Waals surface area contributed by atoms with E-state index in [2.05, 4.69) is 19.9 Å². The molecule has 0 atom stereocenters. The number of hydrogen-bond donors (Lipinski definition) is 1. The highest BCUT2D eigenvalue weighted by molar-refractivity contribution is 6.08. The molecule has 0 aliphatic rings. The Balaban J connectivity index is 1.39. The van der Waals surface area contributed by atoms with Gasteiger partial charge in [0.15, 0.2) is 5.82 Å². The zero-order chi connectivity index (χ0) is 23.7. The van der Waals surface area contributed by atoms with Crippen LogP contribution in [0.5, 0.6) is 11.6 Å². The number of nitrogens with zero attached hydrogens (tertiary/aromatic N) is 3. The number of imidazole rings is 1. The zero-order valence-electron chi connectivity index (χ0n) is 17.4. The van der Waals surface area contributed by atoms with E-state index in [1.165, 1.54) is 12.3 Å². The van der Waals surface area contributed by atoms with Crippen LogP contribution in [0.2, 0.25) is 0 Å². The summed E-state index contributed by atoms with van der Waals surface area (Å²) in [4.78, 5) is 27.7. The van der Waals surface area contributed by atoms with Gasteiger partial charge in [-0.25, -0.2) is 9.97 Å². The highest BCUT2D eigenvalue weighted by Gasteiger charge is 2.32. The molecule has 168 valence electrons. The molecule has 1 N–H and O–H groups in total. The third-order valence-corrected chi connectivity index (χ3v) is 5.07. The number of pyridine rings is 2. The minimum absolute atomic E-state index is 0.123. The Kier molecular flexibility index (Phi) is 5.29. The predicted molar refractivity (Wildman–Crippen MR) is 119 cm³/mol. The molecule has 34 heavy (non-hydrogen) atoms. The summed E-state index contributed by atoms with van der Waals surface area (Å²) in [6, 6.07) is 19.3. The van der Waals surface area contributed by atoms with E-state index in [4.69, 9.17) is 4.74 Å². The van der Waals surface area contributed by atoms with Crippen LogP contribution in [-0.2, 0) is 6.18 Å². The SMILES string of the molecule is O=C(c1ccc(Oc2ncccc2-c2ccnc(C(F)(F)F)c2)cc1)c1nc2ccccc2[nH]1. The van der Waals surface area contributed by atoms with Crippen molar-refractivity contribution in [3.8, 4) is 22.8 Å². The molecule has 3 aromatic heterocycles. The first-order valence-corrected chi connectivity index (χ1v) is 10.1. The average molecular weight is 460 g/mol. The van der Waals surface area contributed by atoms with Crippen molar-refractivity contribution < 1.29 is 22.7 Å². The fourth-order valence-corrected chi connectivity index (χ4v) is 3.43. The number of carbonyl (C=O) groups is 1. The smallest absolute Gasteiger partial charge is 0.433 e. The van der Waals surface area contributed by atoms with E-state index in [0.29, 0.717) is 22.4 Å². The summed E-state index contributed by atoms with van der Waals surface area (Å²) in [5, 5.41) is 0. The summed E-state index contributed by atoms with van der Waals surface area (Å²) in [6.45, 7) is 0. The Morgan fingerprint density at radius 1 is 0.882 bits per heavy atom. The maximum Gasteiger partial charge on any atom is 0.433 e. The number of H-pyrrole nitrogens is 1. The number of fused-ring (bicyclic) bond motifs is 1. The molecule has 0 saturated heterocycles. The van der Waals surface area contributed by atoms with Gasteiger partial charge in [0.2, 0.25) is 11.7 Å². The number of hydrogen-bond acceptors (Lipinski definition) is 5. The fraction of sp³-hybridized carbons (Fsp3) is 0.0400. The molecule has 0 saturated carbocycles. The molecule has 6 nitrogen and oxygen atoms in total. The van der Waals surface area contributed by atoms with Gasteiger partial charge in [-0.1, -0.05) is 12.1 Å². The first-order chi connectivity index (χ1) is 16.4. The standard InChI is InChI=1S/C25H15F3N4O2/c26-25(27,28)21-14-16(11-13-29-21)18-4-3-12-30-24(18)34-17-9-7-15(8-10-17)22(33)23-31-19-5-1-2-6-20(19)32-23/h1-14H,(H,31,32). The predicted octanol–water partition coefficient (Wildman–Crippen LogP) is 6.06. The Bertz CT molecular complexity index is 1460. The second-order valence-corrected chi connectivity index (χ2v) is 7.34. The Labute approximate surface area is 191 Å². The van der Waals surface area contributed by atoms with Crippen LogP contribution in [-0.4, -0.2) is 25.7 Å². The van der Waals surface area contributed by atoms with Gasteiger partial charge in [0.05, 0.1) is 11.0 Å². The van der Waals surface area contributed by atoms with Gasteiger partial charge in [-0.3, -0.25) is 9.78 Å². The highest BCUT2D eigenvalue weighted by Crippen LogP contribution is 2.35. The van der Waals surface area contributed by atoms with Gasteiger partial charge in [-0.05, 0) is 66.2 Å². The van der Waals surface area contributed by atoms with Crippen LogP contribution in [0, 0.1) is 0 Å². The van der Waals surface area contributed by atoms with Crippen molar-refractivity contribution in [2.75, 3.05) is 0 Å². The summed E-state index contributed by atoms with van der Waals surface area (Å²) >= 11 is 0. The summed E-state index contributed by atoms with van der Waals surface area (Å²) < 4.78 is 45.1. The van der Waals surface area contributed by atoms with Gasteiger partial charge in [-0.2, -0.15) is 13.2 Å². The number of aromatic nitrogens is 4. The van der Waals surface area contributed by atoms with Crippen molar-refractivity contribution in [2.45, 2.75) is 6.18 Å². The van der Waals surface area contributed by atoms with Crippen LogP contribution >= 0.6 is 0 Å². The van der Waals surface area contributed by atoms with Crippen LogP contribution in [0.15, 0.2) is 85.2 Å². The summed E-state index contributed by atoms with van der Waals surface area (Å²) in [6.07, 6.45) is -2.00. The van der Waals surface area contributed by atoms with Gasteiger partial charge in [0.1, 0.15) is 11.4 Å². The van der Waals surface area contributed by atoms with Crippen molar-refractivity contribution in [1.82, 2.24) is 19.9 Å². The summed E-state index contributed by atoms with van der Waals surface area (Å²) in [5.74, 6) is 0.433. The Hall–Kier alpha value is -4.53. The van der Waals surface area contributed by atoms with E-state index >= 15 is 0 Å². The van der Waals surface area contributed by atoms with Crippen molar-refractivity contribution in [3.05, 3.63) is 102 Å². The average Bonchev–Trinajstić information content (AvgIpc) is 3.28. The molecule has 9 heteroatoms. The number of aromatic amines is 1. The lowest BCUT2D eigenvalue weighted by Gasteiger charge is -2.12. The Morgan fingerprint density at radius 2 is 1.68 bits per heavy atom. The van der Waals surface area contributed by atoms with E-state index in [1.807, 2.05) is 24.3 Å². The molecule has 0 aliphatic carbocycles. The number of carbonyl (C=O) groups excluding carboxylic acids is 1. The first kappa shape index (κ1) is 21.3. The minimum Gasteiger partial charge on any atom is -0.438 e. The molecule has 0 bridgehead atoms. The van der Waals surface area contributed by atoms with Crippen LogP contribution in [0.1, 0.15) is 21.9 Å². The number of para-hydroxylation sites is 2. The molecule has 2 aromatic carbocycles. The number of benzene rings is 2. The monoisotopic (exact) mass is 460 g/mol. The molecule has 0 amide bonds. The van der Waals surface area contributed by atoms with Gasteiger partial charge in [0.25, 0.3) is 0 Å². The van der Waals surface area contributed by atoms with Crippen molar-refractivity contribution >= 4 is 16.8 Å². The lowest BCUT2D eigenvalue weighted by atomic mass is 10.1. The van der Waals surface area contributed by atoms with Crippen LogP contribution in [0.4, 0.5) is 13.2 Å². The Morgan fingerprint density at radius 3 is 2.44 bits per heavy atom. The molecule has 0 radical (unpaired) electrons. The third-order valence-electron chi connectivity index (χ3n) is 5.07. The van der Waals surface area contributed by atoms with E-state index in [0.717, 1.165) is 17.8 Å². The molecule has 5 rings (SSSR count). The normalized spacial score (nSPS) is 11.5. The molecule has 0 unspecified atom stereocenters. The topological polar surface area (TPSA) is 80.8 Å².